The third kappa shape index (κ3) is 3.46. The lowest BCUT2D eigenvalue weighted by Crippen LogP contribution is -2.52. The molecule has 0 radical (unpaired) electrons. The molecule has 0 aromatic heterocycles. The van der Waals surface area contributed by atoms with Gasteiger partial charge in [0.05, 0.1) is 19.3 Å². The number of hydrogen-bond donors (Lipinski definition) is 3. The third-order valence-electron chi connectivity index (χ3n) is 3.02. The molecule has 1 heterocycles. The van der Waals surface area contributed by atoms with Crippen LogP contribution in [-0.4, -0.2) is 42.9 Å². The minimum absolute atomic E-state index is 0.112. The first-order valence-electron chi connectivity index (χ1n) is 5.85. The molecule has 2 unspecified atom stereocenters. The molecule has 6 nitrogen and oxygen atoms in total. The van der Waals surface area contributed by atoms with Crippen LogP contribution in [0.15, 0.2) is 11.6 Å². The van der Waals surface area contributed by atoms with Gasteiger partial charge in [-0.3, -0.25) is 4.79 Å². The number of nitrogens with one attached hydrogen (secondary N) is 2. The summed E-state index contributed by atoms with van der Waals surface area (Å²) in [6.07, 6.45) is 1.88. The van der Waals surface area contributed by atoms with Crippen molar-refractivity contribution < 1.29 is 19.4 Å². The SMILES string of the molecule is CC(C)=CCNC(=O)NC1COCC1(C)C(=O)O. The molecule has 1 rings (SSSR count). The number of rotatable bonds is 4. The Morgan fingerprint density at radius 3 is 2.72 bits per heavy atom. The van der Waals surface area contributed by atoms with E-state index in [2.05, 4.69) is 10.6 Å². The highest BCUT2D eigenvalue weighted by Crippen LogP contribution is 2.28. The van der Waals surface area contributed by atoms with Gasteiger partial charge in [-0.1, -0.05) is 11.6 Å². The summed E-state index contributed by atoms with van der Waals surface area (Å²) in [6, 6.07) is -0.892. The number of amides is 2. The van der Waals surface area contributed by atoms with E-state index in [9.17, 15) is 9.59 Å². The zero-order chi connectivity index (χ0) is 13.8. The van der Waals surface area contributed by atoms with Crippen molar-refractivity contribution in [3.63, 3.8) is 0 Å². The summed E-state index contributed by atoms with van der Waals surface area (Å²) in [5.74, 6) is -0.963. The van der Waals surface area contributed by atoms with Crippen LogP contribution in [-0.2, 0) is 9.53 Å². The molecule has 1 aliphatic rings. The zero-order valence-corrected chi connectivity index (χ0v) is 10.9. The molecule has 6 heteroatoms. The summed E-state index contributed by atoms with van der Waals surface area (Å²) < 4.78 is 5.14. The standard InChI is InChI=1S/C12H20N2O4/c1-8(2)4-5-13-11(17)14-9-6-18-7-12(9,3)10(15)16/h4,9H,5-7H2,1-3H3,(H,15,16)(H2,13,14,17). The van der Waals surface area contributed by atoms with Gasteiger partial charge >= 0.3 is 12.0 Å². The van der Waals surface area contributed by atoms with E-state index in [4.69, 9.17) is 9.84 Å². The fourth-order valence-electron chi connectivity index (χ4n) is 1.64. The highest BCUT2D eigenvalue weighted by Gasteiger charge is 2.47. The van der Waals surface area contributed by atoms with Gasteiger partial charge in [-0.2, -0.15) is 0 Å². The number of ether oxygens (including phenoxy) is 1. The highest BCUT2D eigenvalue weighted by atomic mass is 16.5. The Balaban J connectivity index is 2.49. The van der Waals surface area contributed by atoms with E-state index in [0.29, 0.717) is 6.54 Å². The second-order valence-corrected chi connectivity index (χ2v) is 4.93. The van der Waals surface area contributed by atoms with E-state index in [1.54, 1.807) is 6.92 Å². The molecular weight excluding hydrogens is 236 g/mol. The summed E-state index contributed by atoms with van der Waals surface area (Å²) in [7, 11) is 0. The highest BCUT2D eigenvalue weighted by molar-refractivity contribution is 5.79. The number of carbonyl (C=O) groups excluding carboxylic acids is 1. The van der Waals surface area contributed by atoms with Crippen LogP contribution in [0.4, 0.5) is 4.79 Å². The van der Waals surface area contributed by atoms with Gasteiger partial charge in [0.1, 0.15) is 5.41 Å². The Morgan fingerprint density at radius 1 is 1.50 bits per heavy atom. The quantitative estimate of drug-likeness (QED) is 0.647. The average Bonchev–Trinajstić information content (AvgIpc) is 2.61. The van der Waals surface area contributed by atoms with Crippen molar-refractivity contribution in [2.45, 2.75) is 26.8 Å². The topological polar surface area (TPSA) is 87.7 Å². The van der Waals surface area contributed by atoms with Gasteiger partial charge in [0, 0.05) is 6.54 Å². The van der Waals surface area contributed by atoms with Gasteiger partial charge in [-0.15, -0.1) is 0 Å². The predicted molar refractivity (Wildman–Crippen MR) is 66.3 cm³/mol. The van der Waals surface area contributed by atoms with Crippen molar-refractivity contribution in [1.29, 1.82) is 0 Å². The lowest BCUT2D eigenvalue weighted by molar-refractivity contribution is -0.148. The van der Waals surface area contributed by atoms with Gasteiger partial charge in [-0.25, -0.2) is 4.79 Å². The maximum atomic E-state index is 11.6. The second-order valence-electron chi connectivity index (χ2n) is 4.93. The van der Waals surface area contributed by atoms with Crippen LogP contribution in [0.25, 0.3) is 0 Å². The third-order valence-corrected chi connectivity index (χ3v) is 3.02. The van der Waals surface area contributed by atoms with Crippen LogP contribution in [0, 0.1) is 5.41 Å². The van der Waals surface area contributed by atoms with E-state index >= 15 is 0 Å². The van der Waals surface area contributed by atoms with Gasteiger partial charge < -0.3 is 20.5 Å². The molecule has 2 atom stereocenters. The van der Waals surface area contributed by atoms with Crippen molar-refractivity contribution in [3.8, 4) is 0 Å². The Hall–Kier alpha value is -1.56. The molecule has 1 fully saturated rings. The number of urea groups is 1. The van der Waals surface area contributed by atoms with E-state index in [1.807, 2.05) is 19.9 Å². The van der Waals surface area contributed by atoms with Crippen LogP contribution in [0.3, 0.4) is 0 Å². The number of hydrogen-bond acceptors (Lipinski definition) is 3. The monoisotopic (exact) mass is 256 g/mol. The number of carboxylic acids is 1. The smallest absolute Gasteiger partial charge is 0.315 e. The number of carboxylic acid groups (broad SMARTS) is 1. The lowest BCUT2D eigenvalue weighted by atomic mass is 9.85. The molecule has 0 bridgehead atoms. The molecule has 1 saturated heterocycles. The first kappa shape index (κ1) is 14.5. The second kappa shape index (κ2) is 5.86. The fourth-order valence-corrected chi connectivity index (χ4v) is 1.64. The normalized spacial score (nSPS) is 26.5. The lowest BCUT2D eigenvalue weighted by Gasteiger charge is -2.25. The number of carbonyl (C=O) groups is 2. The minimum atomic E-state index is -1.06. The molecule has 0 spiro atoms. The Morgan fingerprint density at radius 2 is 2.17 bits per heavy atom. The van der Waals surface area contributed by atoms with Crippen molar-refractivity contribution in [2.24, 2.45) is 5.41 Å². The van der Waals surface area contributed by atoms with Gasteiger partial charge in [0.25, 0.3) is 0 Å². The number of allylic oxidation sites excluding steroid dienone is 1. The van der Waals surface area contributed by atoms with Crippen LogP contribution >= 0.6 is 0 Å². The van der Waals surface area contributed by atoms with Crippen LogP contribution in [0.5, 0.6) is 0 Å². The summed E-state index contributed by atoms with van der Waals surface area (Å²) in [4.78, 5) is 22.7. The largest absolute Gasteiger partial charge is 0.481 e. The molecule has 0 saturated carbocycles. The zero-order valence-electron chi connectivity index (χ0n) is 10.9. The maximum Gasteiger partial charge on any atom is 0.315 e. The molecular formula is C12H20N2O4. The fraction of sp³-hybridized carbons (Fsp3) is 0.667. The van der Waals surface area contributed by atoms with Gasteiger partial charge in [0.15, 0.2) is 0 Å². The maximum absolute atomic E-state index is 11.6. The summed E-state index contributed by atoms with van der Waals surface area (Å²) in [6.45, 7) is 6.20. The average molecular weight is 256 g/mol. The summed E-state index contributed by atoms with van der Waals surface area (Å²) in [5.41, 5.74) is 0.0447. The Labute approximate surface area is 106 Å². The van der Waals surface area contributed by atoms with E-state index in [0.717, 1.165) is 5.57 Å². The molecule has 2 amide bonds. The first-order valence-corrected chi connectivity index (χ1v) is 5.85. The summed E-state index contributed by atoms with van der Waals surface area (Å²) in [5, 5.41) is 14.4. The molecule has 1 aliphatic heterocycles. The summed E-state index contributed by atoms with van der Waals surface area (Å²) >= 11 is 0. The first-order chi connectivity index (χ1) is 8.36. The van der Waals surface area contributed by atoms with E-state index < -0.39 is 17.4 Å². The molecule has 0 aromatic carbocycles. The van der Waals surface area contributed by atoms with Crippen molar-refractivity contribution in [1.82, 2.24) is 10.6 Å². The van der Waals surface area contributed by atoms with Gasteiger partial charge in [0.2, 0.25) is 0 Å². The predicted octanol–water partition coefficient (Wildman–Crippen LogP) is 0.741. The molecule has 0 aromatic rings. The van der Waals surface area contributed by atoms with Crippen molar-refractivity contribution in [2.75, 3.05) is 19.8 Å². The van der Waals surface area contributed by atoms with Gasteiger partial charge in [-0.05, 0) is 20.8 Å². The molecule has 102 valence electrons. The van der Waals surface area contributed by atoms with E-state index in [-0.39, 0.29) is 19.2 Å². The minimum Gasteiger partial charge on any atom is -0.481 e. The van der Waals surface area contributed by atoms with Crippen LogP contribution in [0.1, 0.15) is 20.8 Å². The Kier molecular flexibility index (Phi) is 4.72. The number of aliphatic carboxylic acids is 1. The Bertz CT molecular complexity index is 363. The van der Waals surface area contributed by atoms with Crippen molar-refractivity contribution in [3.05, 3.63) is 11.6 Å². The van der Waals surface area contributed by atoms with Crippen LogP contribution in [0.2, 0.25) is 0 Å². The molecule has 3 N–H and O–H groups in total. The molecule has 0 aliphatic carbocycles. The van der Waals surface area contributed by atoms with E-state index in [1.165, 1.54) is 0 Å². The molecule has 18 heavy (non-hydrogen) atoms. The van der Waals surface area contributed by atoms with Crippen LogP contribution < -0.4 is 10.6 Å². The van der Waals surface area contributed by atoms with Crippen molar-refractivity contribution >= 4 is 12.0 Å².